The molecule has 0 aromatic heterocycles. The number of rotatable bonds is 33. The Balaban J connectivity index is 4.51. The van der Waals surface area contributed by atoms with E-state index in [0.717, 1.165) is 51.4 Å². The highest BCUT2D eigenvalue weighted by Gasteiger charge is 2.23. The fourth-order valence-corrected chi connectivity index (χ4v) is 5.81. The van der Waals surface area contributed by atoms with E-state index < -0.39 is 20.0 Å². The van der Waals surface area contributed by atoms with Gasteiger partial charge in [0.05, 0.1) is 39.9 Å². The molecule has 2 N–H and O–H groups in total. The molecule has 46 heavy (non-hydrogen) atoms. The molecule has 1 amide bonds. The molecule has 0 bridgehead atoms. The summed E-state index contributed by atoms with van der Waals surface area (Å²) < 4.78 is 23.0. The van der Waals surface area contributed by atoms with E-state index in [0.29, 0.717) is 17.4 Å². The Bertz CT molecular complexity index is 814. The Morgan fingerprint density at radius 2 is 1.20 bits per heavy atom. The van der Waals surface area contributed by atoms with Gasteiger partial charge in [0.2, 0.25) is 5.91 Å². The molecule has 0 heterocycles. The first-order chi connectivity index (χ1) is 22.0. The van der Waals surface area contributed by atoms with Crippen molar-refractivity contribution < 1.29 is 32.9 Å². The van der Waals surface area contributed by atoms with Crippen LogP contribution in [-0.4, -0.2) is 68.5 Å². The zero-order valence-electron chi connectivity index (χ0n) is 30.5. The van der Waals surface area contributed by atoms with Crippen molar-refractivity contribution in [2.75, 3.05) is 40.9 Å². The van der Waals surface area contributed by atoms with Crippen molar-refractivity contribution in [1.29, 1.82) is 0 Å². The maximum atomic E-state index is 12.7. The van der Waals surface area contributed by atoms with Crippen molar-refractivity contribution in [1.82, 2.24) is 5.32 Å². The van der Waals surface area contributed by atoms with E-state index in [-0.39, 0.29) is 19.1 Å². The highest BCUT2D eigenvalue weighted by atomic mass is 31.2. The van der Waals surface area contributed by atoms with Gasteiger partial charge in [-0.25, -0.2) is 0 Å². The van der Waals surface area contributed by atoms with E-state index in [1.54, 1.807) is 6.08 Å². The molecule has 272 valence electrons. The minimum atomic E-state index is -4.57. The van der Waals surface area contributed by atoms with E-state index in [9.17, 15) is 19.4 Å². The molecule has 0 fully saturated rings. The fraction of sp³-hybridized carbons (Fsp3) is 0.865. The van der Waals surface area contributed by atoms with Crippen LogP contribution in [0.1, 0.15) is 155 Å². The lowest BCUT2D eigenvalue weighted by Gasteiger charge is -2.29. The second-order valence-electron chi connectivity index (χ2n) is 13.9. The molecule has 0 aliphatic heterocycles. The number of likely N-dealkylation sites (N-methyl/N-ethyl adjacent to an activating group) is 1. The number of aliphatic hydroxyl groups is 1. The SMILES string of the molecule is CCCCCCCC/C=C\CCCCCCCC(=O)NC(COP(=O)([O-])OCC[N+](C)(C)C)C(O)/C=C/CCCCCCCCC. The zero-order chi connectivity index (χ0) is 34.4. The Labute approximate surface area is 284 Å². The van der Waals surface area contributed by atoms with E-state index in [1.807, 2.05) is 27.2 Å². The third-order valence-electron chi connectivity index (χ3n) is 8.16. The van der Waals surface area contributed by atoms with Crippen LogP contribution in [0, 0.1) is 0 Å². The number of nitrogens with one attached hydrogen (secondary N) is 1. The Morgan fingerprint density at radius 1 is 0.739 bits per heavy atom. The summed E-state index contributed by atoms with van der Waals surface area (Å²) in [6, 6.07) is -0.884. The molecule has 0 aliphatic carbocycles. The lowest BCUT2D eigenvalue weighted by atomic mass is 10.1. The number of nitrogens with zero attached hydrogens (tertiary/aromatic N) is 1. The van der Waals surface area contributed by atoms with Crippen LogP contribution in [0.3, 0.4) is 0 Å². The summed E-state index contributed by atoms with van der Waals surface area (Å²) in [6.45, 7) is 4.58. The van der Waals surface area contributed by atoms with Crippen LogP contribution in [0.5, 0.6) is 0 Å². The number of allylic oxidation sites excluding steroid dienone is 3. The number of aliphatic hydroxyl groups excluding tert-OH is 1. The van der Waals surface area contributed by atoms with E-state index in [1.165, 1.54) is 83.5 Å². The zero-order valence-corrected chi connectivity index (χ0v) is 31.4. The first-order valence-corrected chi connectivity index (χ1v) is 20.2. The number of unbranched alkanes of at least 4 members (excludes halogenated alkanes) is 18. The van der Waals surface area contributed by atoms with Crippen LogP contribution < -0.4 is 10.2 Å². The second kappa shape index (κ2) is 30.1. The van der Waals surface area contributed by atoms with Crippen LogP contribution in [0.15, 0.2) is 24.3 Å². The molecule has 3 atom stereocenters. The third kappa shape index (κ3) is 31.6. The monoisotopic (exact) mass is 673 g/mol. The largest absolute Gasteiger partial charge is 0.756 e. The maximum absolute atomic E-state index is 12.7. The number of phosphoric ester groups is 1. The average molecular weight is 673 g/mol. The summed E-state index contributed by atoms with van der Waals surface area (Å²) in [5.74, 6) is -0.211. The summed E-state index contributed by atoms with van der Waals surface area (Å²) in [5.41, 5.74) is 0. The summed E-state index contributed by atoms with van der Waals surface area (Å²) in [7, 11) is 1.25. The Morgan fingerprint density at radius 3 is 1.70 bits per heavy atom. The molecule has 0 saturated heterocycles. The summed E-state index contributed by atoms with van der Waals surface area (Å²) >= 11 is 0. The van der Waals surface area contributed by atoms with Gasteiger partial charge in [0.25, 0.3) is 7.82 Å². The topological polar surface area (TPSA) is 108 Å². The smallest absolute Gasteiger partial charge is 0.268 e. The highest BCUT2D eigenvalue weighted by molar-refractivity contribution is 7.45. The molecule has 0 spiro atoms. The van der Waals surface area contributed by atoms with Gasteiger partial charge >= 0.3 is 0 Å². The molecule has 0 radical (unpaired) electrons. The van der Waals surface area contributed by atoms with Gasteiger partial charge in [-0.05, 0) is 44.9 Å². The van der Waals surface area contributed by atoms with Gasteiger partial charge in [0.1, 0.15) is 13.2 Å². The van der Waals surface area contributed by atoms with Gasteiger partial charge in [-0.15, -0.1) is 0 Å². The number of hydrogen-bond acceptors (Lipinski definition) is 6. The summed E-state index contributed by atoms with van der Waals surface area (Å²) in [4.78, 5) is 25.1. The summed E-state index contributed by atoms with van der Waals surface area (Å²) in [6.07, 6.45) is 32.2. The van der Waals surface area contributed by atoms with Crippen molar-refractivity contribution in [2.45, 2.75) is 167 Å². The molecule has 0 aliphatic rings. The minimum Gasteiger partial charge on any atom is -0.756 e. The normalized spacial score (nSPS) is 15.0. The van der Waals surface area contributed by atoms with E-state index in [2.05, 4.69) is 31.3 Å². The molecular weight excluding hydrogens is 599 g/mol. The lowest BCUT2D eigenvalue weighted by molar-refractivity contribution is -0.870. The first-order valence-electron chi connectivity index (χ1n) is 18.7. The number of amides is 1. The van der Waals surface area contributed by atoms with E-state index >= 15 is 0 Å². The predicted molar refractivity (Wildman–Crippen MR) is 192 cm³/mol. The molecule has 0 saturated carbocycles. The number of quaternary nitrogens is 1. The van der Waals surface area contributed by atoms with Gasteiger partial charge in [-0.3, -0.25) is 9.36 Å². The molecule has 0 rings (SSSR count). The molecular formula is C37H73N2O6P. The van der Waals surface area contributed by atoms with Crippen LogP contribution >= 0.6 is 7.82 Å². The second-order valence-corrected chi connectivity index (χ2v) is 15.3. The Hall–Kier alpha value is -1.02. The first kappa shape index (κ1) is 45.0. The van der Waals surface area contributed by atoms with Gasteiger partial charge in [-0.1, -0.05) is 128 Å². The number of carbonyl (C=O) groups excluding carboxylic acids is 1. The van der Waals surface area contributed by atoms with Crippen molar-refractivity contribution >= 4 is 13.7 Å². The van der Waals surface area contributed by atoms with Crippen LogP contribution in [-0.2, 0) is 18.4 Å². The van der Waals surface area contributed by atoms with E-state index in [4.69, 9.17) is 9.05 Å². The quantitative estimate of drug-likeness (QED) is 0.0312. The standard InChI is InChI=1S/C37H73N2O6P/c1-6-8-10-12-14-16-17-18-19-20-21-23-25-27-29-31-37(41)38-35(34-45-46(42,43)44-33-32-39(3,4)5)36(40)30-28-26-24-22-15-13-11-9-7-2/h18-19,28,30,35-36,40H,6-17,20-27,29,31-34H2,1-5H3,(H-,38,41,42,43)/b19-18-,30-28+. The average Bonchev–Trinajstić information content (AvgIpc) is 2.99. The fourth-order valence-electron chi connectivity index (χ4n) is 5.09. The number of phosphoric acid groups is 1. The highest BCUT2D eigenvalue weighted by Crippen LogP contribution is 2.38. The lowest BCUT2D eigenvalue weighted by Crippen LogP contribution is -2.45. The van der Waals surface area contributed by atoms with Gasteiger partial charge < -0.3 is 28.8 Å². The van der Waals surface area contributed by atoms with Crippen LogP contribution in [0.25, 0.3) is 0 Å². The van der Waals surface area contributed by atoms with Gasteiger partial charge in [0, 0.05) is 6.42 Å². The minimum absolute atomic E-state index is 0.00230. The van der Waals surface area contributed by atoms with Crippen molar-refractivity contribution in [2.24, 2.45) is 0 Å². The summed E-state index contributed by atoms with van der Waals surface area (Å²) in [5, 5.41) is 13.6. The molecule has 8 nitrogen and oxygen atoms in total. The van der Waals surface area contributed by atoms with Crippen LogP contribution in [0.4, 0.5) is 0 Å². The van der Waals surface area contributed by atoms with Crippen molar-refractivity contribution in [3.63, 3.8) is 0 Å². The van der Waals surface area contributed by atoms with Gasteiger partial charge in [0.15, 0.2) is 0 Å². The van der Waals surface area contributed by atoms with Crippen LogP contribution in [0.2, 0.25) is 0 Å². The van der Waals surface area contributed by atoms with Crippen molar-refractivity contribution in [3.8, 4) is 0 Å². The molecule has 0 aromatic rings. The number of carbonyl (C=O) groups is 1. The molecule has 0 aromatic carbocycles. The third-order valence-corrected chi connectivity index (χ3v) is 9.12. The molecule has 3 unspecified atom stereocenters. The van der Waals surface area contributed by atoms with Crippen molar-refractivity contribution in [3.05, 3.63) is 24.3 Å². The Kier molecular flexibility index (Phi) is 29.4. The predicted octanol–water partition coefficient (Wildman–Crippen LogP) is 8.77. The van der Waals surface area contributed by atoms with Gasteiger partial charge in [-0.2, -0.15) is 0 Å². The molecule has 9 heteroatoms. The number of hydrogen-bond donors (Lipinski definition) is 2. The maximum Gasteiger partial charge on any atom is 0.268 e.